The molecule has 0 saturated carbocycles. The SMILES string of the molecule is CN1CCC(CCNC(=O)NCC(C)(O)c2ccccc2)CC1. The van der Waals surface area contributed by atoms with Gasteiger partial charge in [0.25, 0.3) is 0 Å². The number of rotatable bonds is 6. The summed E-state index contributed by atoms with van der Waals surface area (Å²) in [5, 5.41) is 16.1. The van der Waals surface area contributed by atoms with E-state index in [9.17, 15) is 9.90 Å². The zero-order chi connectivity index (χ0) is 16.7. The molecule has 2 amide bonds. The van der Waals surface area contributed by atoms with Crippen molar-refractivity contribution in [2.24, 2.45) is 5.92 Å². The first-order chi connectivity index (χ1) is 11.0. The number of amides is 2. The summed E-state index contributed by atoms with van der Waals surface area (Å²) >= 11 is 0. The summed E-state index contributed by atoms with van der Waals surface area (Å²) in [5.41, 5.74) is -0.265. The van der Waals surface area contributed by atoms with Crippen molar-refractivity contribution in [3.8, 4) is 0 Å². The zero-order valence-corrected chi connectivity index (χ0v) is 14.2. The first-order valence-electron chi connectivity index (χ1n) is 8.45. The normalized spacial score (nSPS) is 19.1. The van der Waals surface area contributed by atoms with Crippen molar-refractivity contribution >= 4 is 6.03 Å². The minimum absolute atomic E-state index is 0.192. The number of nitrogens with one attached hydrogen (secondary N) is 2. The lowest BCUT2D eigenvalue weighted by molar-refractivity contribution is 0.0594. The van der Waals surface area contributed by atoms with Crippen molar-refractivity contribution in [2.75, 3.05) is 33.2 Å². The fourth-order valence-electron chi connectivity index (χ4n) is 2.95. The molecule has 0 aliphatic carbocycles. The Balaban J connectivity index is 1.65. The minimum atomic E-state index is -1.06. The van der Waals surface area contributed by atoms with E-state index >= 15 is 0 Å². The number of hydrogen-bond donors (Lipinski definition) is 3. The molecule has 1 aliphatic heterocycles. The van der Waals surface area contributed by atoms with Crippen molar-refractivity contribution < 1.29 is 9.90 Å². The molecule has 1 heterocycles. The van der Waals surface area contributed by atoms with Crippen LogP contribution >= 0.6 is 0 Å². The molecule has 0 radical (unpaired) electrons. The van der Waals surface area contributed by atoms with Gasteiger partial charge in [0.1, 0.15) is 5.60 Å². The van der Waals surface area contributed by atoms with Gasteiger partial charge >= 0.3 is 6.03 Å². The van der Waals surface area contributed by atoms with Crippen LogP contribution in [0.2, 0.25) is 0 Å². The van der Waals surface area contributed by atoms with Gasteiger partial charge in [-0.15, -0.1) is 0 Å². The first kappa shape index (κ1) is 17.8. The van der Waals surface area contributed by atoms with Crippen LogP contribution in [0.25, 0.3) is 0 Å². The summed E-state index contributed by atoms with van der Waals surface area (Å²) in [6.45, 7) is 4.89. The van der Waals surface area contributed by atoms with Crippen molar-refractivity contribution in [1.29, 1.82) is 0 Å². The molecule has 1 aromatic carbocycles. The van der Waals surface area contributed by atoms with Crippen LogP contribution in [0.5, 0.6) is 0 Å². The average Bonchev–Trinajstić information content (AvgIpc) is 2.56. The Labute approximate surface area is 139 Å². The number of aliphatic hydroxyl groups is 1. The Hall–Kier alpha value is -1.59. The molecule has 23 heavy (non-hydrogen) atoms. The van der Waals surface area contributed by atoms with Crippen LogP contribution in [0.3, 0.4) is 0 Å². The van der Waals surface area contributed by atoms with Crippen molar-refractivity contribution in [1.82, 2.24) is 15.5 Å². The molecular weight excluding hydrogens is 290 g/mol. The van der Waals surface area contributed by atoms with E-state index in [2.05, 4.69) is 22.6 Å². The third-order valence-corrected chi connectivity index (χ3v) is 4.67. The molecule has 1 fully saturated rings. The molecule has 5 nitrogen and oxygen atoms in total. The van der Waals surface area contributed by atoms with Crippen LogP contribution < -0.4 is 10.6 Å². The van der Waals surface area contributed by atoms with E-state index in [1.807, 2.05) is 30.3 Å². The van der Waals surface area contributed by atoms with Gasteiger partial charge in [-0.1, -0.05) is 30.3 Å². The lowest BCUT2D eigenvalue weighted by Gasteiger charge is -2.29. The lowest BCUT2D eigenvalue weighted by Crippen LogP contribution is -2.44. The van der Waals surface area contributed by atoms with Gasteiger partial charge in [-0.05, 0) is 57.8 Å². The van der Waals surface area contributed by atoms with Crippen molar-refractivity contribution in [2.45, 2.75) is 31.8 Å². The highest BCUT2D eigenvalue weighted by atomic mass is 16.3. The van der Waals surface area contributed by atoms with Gasteiger partial charge < -0.3 is 20.6 Å². The molecule has 1 atom stereocenters. The fourth-order valence-corrected chi connectivity index (χ4v) is 2.95. The smallest absolute Gasteiger partial charge is 0.314 e. The Kier molecular flexibility index (Phi) is 6.42. The highest BCUT2D eigenvalue weighted by Gasteiger charge is 2.23. The number of hydrogen-bond acceptors (Lipinski definition) is 3. The molecule has 3 N–H and O–H groups in total. The van der Waals surface area contributed by atoms with Crippen LogP contribution in [-0.4, -0.2) is 49.3 Å². The van der Waals surface area contributed by atoms with Crippen LogP contribution in [0, 0.1) is 5.92 Å². The predicted octanol–water partition coefficient (Wildman–Crippen LogP) is 1.93. The van der Waals surface area contributed by atoms with Crippen LogP contribution in [-0.2, 0) is 5.60 Å². The van der Waals surface area contributed by atoms with Crippen molar-refractivity contribution in [3.05, 3.63) is 35.9 Å². The van der Waals surface area contributed by atoms with E-state index < -0.39 is 5.60 Å². The van der Waals surface area contributed by atoms with E-state index in [4.69, 9.17) is 0 Å². The molecule has 5 heteroatoms. The molecule has 1 aromatic rings. The van der Waals surface area contributed by atoms with E-state index in [0.29, 0.717) is 12.5 Å². The predicted molar refractivity (Wildman–Crippen MR) is 92.3 cm³/mol. The Morgan fingerprint density at radius 3 is 2.57 bits per heavy atom. The molecule has 0 bridgehead atoms. The second-order valence-corrected chi connectivity index (χ2v) is 6.78. The largest absolute Gasteiger partial charge is 0.384 e. The van der Waals surface area contributed by atoms with Crippen LogP contribution in [0.15, 0.2) is 30.3 Å². The van der Waals surface area contributed by atoms with E-state index in [1.54, 1.807) is 6.92 Å². The third-order valence-electron chi connectivity index (χ3n) is 4.67. The molecule has 1 unspecified atom stereocenters. The highest BCUT2D eigenvalue weighted by Crippen LogP contribution is 2.19. The van der Waals surface area contributed by atoms with Crippen LogP contribution in [0.4, 0.5) is 4.79 Å². The number of urea groups is 1. The summed E-state index contributed by atoms with van der Waals surface area (Å²) in [7, 11) is 2.15. The Morgan fingerprint density at radius 1 is 1.26 bits per heavy atom. The summed E-state index contributed by atoms with van der Waals surface area (Å²) in [6, 6.07) is 9.17. The molecule has 0 spiro atoms. The average molecular weight is 319 g/mol. The highest BCUT2D eigenvalue weighted by molar-refractivity contribution is 5.73. The second-order valence-electron chi connectivity index (χ2n) is 6.78. The van der Waals surface area contributed by atoms with Crippen LogP contribution in [0.1, 0.15) is 31.7 Å². The third kappa shape index (κ3) is 5.84. The quantitative estimate of drug-likeness (QED) is 0.751. The standard InChI is InChI=1S/C18H29N3O2/c1-18(23,16-6-4-3-5-7-16)14-20-17(22)19-11-8-15-9-12-21(2)13-10-15/h3-7,15,23H,8-14H2,1-2H3,(H2,19,20,22). The second kappa shape index (κ2) is 8.31. The van der Waals surface area contributed by atoms with Gasteiger partial charge in [0.05, 0.1) is 6.54 Å². The summed E-state index contributed by atoms with van der Waals surface area (Å²) in [4.78, 5) is 14.2. The summed E-state index contributed by atoms with van der Waals surface area (Å²) in [6.07, 6.45) is 3.45. The maximum Gasteiger partial charge on any atom is 0.314 e. The van der Waals surface area contributed by atoms with Gasteiger partial charge in [-0.2, -0.15) is 0 Å². The molecule has 1 aliphatic rings. The van der Waals surface area contributed by atoms with Gasteiger partial charge in [-0.25, -0.2) is 4.79 Å². The van der Waals surface area contributed by atoms with Gasteiger partial charge in [-0.3, -0.25) is 0 Å². The fraction of sp³-hybridized carbons (Fsp3) is 0.611. The van der Waals surface area contributed by atoms with Gasteiger partial charge in [0, 0.05) is 6.54 Å². The lowest BCUT2D eigenvalue weighted by atomic mass is 9.94. The molecular formula is C18H29N3O2. The summed E-state index contributed by atoms with van der Waals surface area (Å²) < 4.78 is 0. The monoisotopic (exact) mass is 319 g/mol. The number of carbonyl (C=O) groups excluding carboxylic acids is 1. The van der Waals surface area contributed by atoms with Gasteiger partial charge in [0.15, 0.2) is 0 Å². The molecule has 2 rings (SSSR count). The summed E-state index contributed by atoms with van der Waals surface area (Å²) in [5.74, 6) is 0.707. The number of carbonyl (C=O) groups is 1. The maximum atomic E-state index is 11.9. The molecule has 0 aromatic heterocycles. The molecule has 128 valence electrons. The Morgan fingerprint density at radius 2 is 1.91 bits per heavy atom. The van der Waals surface area contributed by atoms with E-state index in [0.717, 1.165) is 25.1 Å². The van der Waals surface area contributed by atoms with Gasteiger partial charge in [0.2, 0.25) is 0 Å². The first-order valence-corrected chi connectivity index (χ1v) is 8.45. The number of nitrogens with zero attached hydrogens (tertiary/aromatic N) is 1. The molecule has 1 saturated heterocycles. The van der Waals surface area contributed by atoms with E-state index in [1.165, 1.54) is 12.8 Å². The van der Waals surface area contributed by atoms with Crippen molar-refractivity contribution in [3.63, 3.8) is 0 Å². The minimum Gasteiger partial charge on any atom is -0.384 e. The number of benzene rings is 1. The number of piperidine rings is 1. The Bertz CT molecular complexity index is 482. The number of likely N-dealkylation sites (tertiary alicyclic amines) is 1. The topological polar surface area (TPSA) is 64.6 Å². The maximum absolute atomic E-state index is 11.9. The zero-order valence-electron chi connectivity index (χ0n) is 14.2. The van der Waals surface area contributed by atoms with E-state index in [-0.39, 0.29) is 12.6 Å².